The zero-order chi connectivity index (χ0) is 108. The summed E-state index contributed by atoms with van der Waals surface area (Å²) in [6.07, 6.45) is -24.0. The van der Waals surface area contributed by atoms with Crippen molar-refractivity contribution < 1.29 is 132 Å². The van der Waals surface area contributed by atoms with Crippen molar-refractivity contribution in [1.82, 2.24) is 51.6 Å². The average molecular weight is 2230 g/mol. The van der Waals surface area contributed by atoms with Crippen molar-refractivity contribution in [1.29, 1.82) is 0 Å². The number of amides is 3. The number of nitrogens with one attached hydrogen (secondary N) is 4. The number of alkyl halides is 15. The number of aromatic carboxylic acids is 3. The molecule has 1 aliphatic heterocycles. The molecule has 8 aromatic carbocycles. The SMILES string of the molecule is COC(=O)c1ccc(Cn2c(C(=O)O)c(N3C(=O)Cc4cscc4C3=O)c3cc(C(F)(F)F)ccc32)o1.Cn1c(C(=O)NS(=O)(=O)c2ccccc2Br)c(-n2c(=O)[nH]c3ccccc3c2=O)c2cc(Cl)ccc21.O=C(O)c1c(-n2c(=O)[nH]c3cscc3c2=O)c2cc(C(F)(F)F)ccc2n1Cc1ccc(C(F)(F)F)cc1.O=C(O)c1c(-n2c(=O)[nH]c3cscc3c2=O)c2cc(C(F)(F)F)ccc2n1Cc1cccc(C(F)(F)F)c1. The summed E-state index contributed by atoms with van der Waals surface area (Å²) < 4.78 is 246. The predicted octanol–water partition coefficient (Wildman–Crippen LogP) is 19.2. The highest BCUT2D eigenvalue weighted by molar-refractivity contribution is 9.10. The van der Waals surface area contributed by atoms with Crippen molar-refractivity contribution in [3.63, 3.8) is 0 Å². The predicted molar refractivity (Wildman–Crippen MR) is 515 cm³/mol. The molecule has 7 N–H and O–H groups in total. The first-order valence-corrected chi connectivity index (χ1v) is 47.7. The van der Waals surface area contributed by atoms with E-state index in [9.17, 15) is 152 Å². The molecule has 19 aromatic rings. The van der Waals surface area contributed by atoms with Gasteiger partial charge >= 0.3 is 71.8 Å². The summed E-state index contributed by atoms with van der Waals surface area (Å²) in [6.45, 7) is -1.23. The van der Waals surface area contributed by atoms with Crippen LogP contribution in [0, 0.1) is 0 Å². The zero-order valence-corrected chi connectivity index (χ0v) is 80.1. The molecule has 3 amide bonds. The molecule has 11 aromatic heterocycles. The molecule has 20 rings (SSSR count). The third-order valence-electron chi connectivity index (χ3n) is 23.5. The van der Waals surface area contributed by atoms with E-state index in [0.29, 0.717) is 71.4 Å². The molecule has 0 saturated heterocycles. The quantitative estimate of drug-likeness (QED) is 0.0253. The molecular formula is C96H57BrClF15N12O20S4. The molecule has 149 heavy (non-hydrogen) atoms. The maximum Gasteiger partial charge on any atom is 0.416 e. The monoisotopic (exact) mass is 2220 g/mol. The minimum atomic E-state index is -4.85. The minimum absolute atomic E-state index is 0.00306. The molecule has 0 spiro atoms. The fourth-order valence-corrected chi connectivity index (χ4v) is 21.4. The van der Waals surface area contributed by atoms with Crippen LogP contribution in [-0.2, 0) is 83.5 Å². The average Bonchev–Trinajstić information content (AvgIpc) is 1.59. The van der Waals surface area contributed by atoms with E-state index in [1.165, 1.54) is 92.3 Å². The van der Waals surface area contributed by atoms with E-state index >= 15 is 0 Å². The van der Waals surface area contributed by atoms with Crippen LogP contribution >= 0.6 is 61.5 Å². The van der Waals surface area contributed by atoms with Crippen molar-refractivity contribution in [2.45, 2.75) is 61.8 Å². The zero-order valence-electron chi connectivity index (χ0n) is 74.5. The molecule has 0 unspecified atom stereocenters. The number of sulfonamides is 1. The van der Waals surface area contributed by atoms with E-state index < -0.39 is 190 Å². The van der Waals surface area contributed by atoms with Gasteiger partial charge in [-0.3, -0.25) is 28.8 Å². The van der Waals surface area contributed by atoms with Crippen LogP contribution in [0.25, 0.3) is 93.4 Å². The lowest BCUT2D eigenvalue weighted by Gasteiger charge is -2.25. The maximum absolute atomic E-state index is 13.6. The number of carbonyl (C=O) groups excluding carboxylic acids is 4. The molecular weight excluding hydrogens is 2170 g/mol. The van der Waals surface area contributed by atoms with Gasteiger partial charge in [-0.25, -0.2) is 65.3 Å². The standard InChI is InChI=1S/C24H16BrClN4O5S.2C24H13F6N3O4S.C24H15F3N2O7S/c1-29-18-11-10-13(26)12-15(18)20(30-23(32)14-6-2-4-8-17(14)27-24(30)33)21(29)22(31)28-36(34,35)19-9-5-3-7-16(19)25;25-23(26,27)12-3-1-11(2-4-12)8-32-17-6-5-13(24(28,29)30)7-14(17)18(19(32)21(35)36)33-20(34)15-9-38-10-16(15)31-22(33)37;25-23(26,27)12-3-1-2-11(6-12)8-32-17-5-4-13(24(28,29)30)7-14(17)18(19(32)21(35)36)33-20(34)15-9-38-10-16(15)31-22(33)37;1-35-23(34)17-5-3-13(36-17)8-28-16-4-2-12(24(25,26)27)7-14(16)19(20(28)22(32)33)29-18(30)6-11-9-37-10-15(11)21(29)31/h2-12H,1H3,(H,27,33)(H,28,31);2*1-7,9-10H,8H2,(H,31,37)(H,35,36);2-5,7,9-10H,6,8H2,1H3,(H,32,33). The van der Waals surface area contributed by atoms with Gasteiger partial charge in [-0.2, -0.15) is 77.2 Å². The van der Waals surface area contributed by atoms with E-state index in [1.54, 1.807) is 47.8 Å². The number of fused-ring (bicyclic) bond motifs is 8. The first-order chi connectivity index (χ1) is 70.1. The number of anilines is 1. The number of benzene rings is 8. The van der Waals surface area contributed by atoms with Crippen LogP contribution in [0.15, 0.2) is 257 Å². The van der Waals surface area contributed by atoms with Crippen LogP contribution in [0.2, 0.25) is 5.02 Å². The molecule has 0 atom stereocenters. The summed E-state index contributed by atoms with van der Waals surface area (Å²) in [5, 5.41) is 39.0. The fourth-order valence-electron chi connectivity index (χ4n) is 17.0. The van der Waals surface area contributed by atoms with Gasteiger partial charge in [-0.15, -0.1) is 22.7 Å². The smallest absolute Gasteiger partial charge is 0.416 e. The number of furan rings is 1. The highest BCUT2D eigenvalue weighted by Crippen LogP contribution is 2.45. The lowest BCUT2D eigenvalue weighted by molar-refractivity contribution is -0.138. The molecule has 0 bridgehead atoms. The third-order valence-corrected chi connectivity index (χ3v) is 28.4. The third kappa shape index (κ3) is 19.5. The number of thiophene rings is 3. The van der Waals surface area contributed by atoms with E-state index in [2.05, 4.69) is 40.3 Å². The molecule has 53 heteroatoms. The summed E-state index contributed by atoms with van der Waals surface area (Å²) in [5.41, 5.74) is -13.3. The number of aryl methyl sites for hydroxylation is 1. The number of ether oxygens (including phenoxy) is 1. The summed E-state index contributed by atoms with van der Waals surface area (Å²) in [6, 6.07) is 34.6. The van der Waals surface area contributed by atoms with Gasteiger partial charge in [0.15, 0.2) is 17.1 Å². The number of halogens is 17. The van der Waals surface area contributed by atoms with E-state index in [1.807, 2.05) is 0 Å². The van der Waals surface area contributed by atoms with Crippen molar-refractivity contribution in [2.75, 3.05) is 12.0 Å². The Hall–Kier alpha value is -16.7. The van der Waals surface area contributed by atoms with Crippen molar-refractivity contribution in [3.8, 4) is 17.1 Å². The van der Waals surface area contributed by atoms with E-state index in [-0.39, 0.29) is 123 Å². The molecule has 1 aliphatic rings. The summed E-state index contributed by atoms with van der Waals surface area (Å²) in [4.78, 5) is 176. The number of carbonyl (C=O) groups is 7. The lowest BCUT2D eigenvalue weighted by atomic mass is 10.0. The minimum Gasteiger partial charge on any atom is -0.477 e. The number of para-hydroxylation sites is 1. The highest BCUT2D eigenvalue weighted by Gasteiger charge is 2.43. The second-order valence-electron chi connectivity index (χ2n) is 32.6. The second-order valence-corrected chi connectivity index (χ2v) is 37.7. The Morgan fingerprint density at radius 2 is 0.872 bits per heavy atom. The van der Waals surface area contributed by atoms with Gasteiger partial charge in [-0.05, 0) is 171 Å². The van der Waals surface area contributed by atoms with Gasteiger partial charge in [0.1, 0.15) is 16.3 Å². The Bertz CT molecular complexity index is 9390. The summed E-state index contributed by atoms with van der Waals surface area (Å²) in [5.74, 6) is -8.49. The topological polar surface area (TPSA) is 436 Å². The van der Waals surface area contributed by atoms with E-state index in [0.717, 1.165) is 115 Å². The lowest BCUT2D eigenvalue weighted by Crippen LogP contribution is -2.42. The molecule has 0 fully saturated rings. The van der Waals surface area contributed by atoms with Crippen molar-refractivity contribution >= 4 is 195 Å². The number of rotatable bonds is 17. The van der Waals surface area contributed by atoms with Crippen molar-refractivity contribution in [3.05, 3.63) is 371 Å². The Morgan fingerprint density at radius 1 is 0.443 bits per heavy atom. The van der Waals surface area contributed by atoms with Crippen LogP contribution in [0.1, 0.15) is 113 Å². The first-order valence-electron chi connectivity index (χ1n) is 42.2. The molecule has 0 aliphatic carbocycles. The fraction of sp³-hybridized carbons (Fsp3) is 0.115. The number of hydrogen-bond donors (Lipinski definition) is 7. The molecule has 32 nitrogen and oxygen atoms in total. The Kier molecular flexibility index (Phi) is 27.1. The number of esters is 1. The summed E-state index contributed by atoms with van der Waals surface area (Å²) in [7, 11) is -1.64. The number of carboxylic acids is 3. The van der Waals surface area contributed by atoms with Crippen LogP contribution in [-0.4, -0.2) is 119 Å². The Morgan fingerprint density at radius 3 is 1.38 bits per heavy atom. The van der Waals surface area contributed by atoms with Gasteiger partial charge < -0.3 is 57.7 Å². The van der Waals surface area contributed by atoms with Gasteiger partial charge in [0.25, 0.3) is 38.5 Å². The van der Waals surface area contributed by atoms with Crippen LogP contribution in [0.5, 0.6) is 0 Å². The number of carboxylic acid groups (broad SMARTS) is 3. The second kappa shape index (κ2) is 38.9. The number of aromatic nitrogens is 10. The van der Waals surface area contributed by atoms with Gasteiger partial charge in [0.05, 0.1) is 131 Å². The van der Waals surface area contributed by atoms with Gasteiger partial charge in [0.2, 0.25) is 11.7 Å². The van der Waals surface area contributed by atoms with Crippen LogP contribution < -0.4 is 43.4 Å². The number of hydrogen-bond acceptors (Lipinski definition) is 20. The molecule has 0 radical (unpaired) electrons. The molecule has 12 heterocycles. The largest absolute Gasteiger partial charge is 0.477 e. The number of nitrogens with zero attached hydrogens (tertiary/aromatic N) is 8. The number of aromatic amines is 3. The highest BCUT2D eigenvalue weighted by atomic mass is 79.9. The number of H-pyrrole nitrogens is 3. The Balaban J connectivity index is 0.000000135. The molecule has 0 saturated carbocycles. The van der Waals surface area contributed by atoms with Gasteiger partial charge in [-0.1, -0.05) is 60.1 Å². The number of methoxy groups -OCH3 is 1. The summed E-state index contributed by atoms with van der Waals surface area (Å²) >= 11 is 12.7. The maximum atomic E-state index is 13.6. The molecule has 764 valence electrons. The first kappa shape index (κ1) is 104. The number of imide groups is 1. The van der Waals surface area contributed by atoms with Crippen molar-refractivity contribution in [2.24, 2.45) is 7.05 Å². The normalized spacial score (nSPS) is 12.6. The Labute approximate surface area is 842 Å². The van der Waals surface area contributed by atoms with E-state index in [4.69, 9.17) is 16.0 Å². The van der Waals surface area contributed by atoms with Gasteiger partial charge in [0, 0.05) is 78.1 Å². The van der Waals surface area contributed by atoms with Crippen LogP contribution in [0.3, 0.4) is 0 Å². The van der Waals surface area contributed by atoms with Crippen LogP contribution in [0.4, 0.5) is 71.5 Å².